The summed E-state index contributed by atoms with van der Waals surface area (Å²) in [5, 5.41) is 20.8. The molecule has 0 saturated carbocycles. The van der Waals surface area contributed by atoms with Crippen LogP contribution >= 0.6 is 0 Å². The Morgan fingerprint density at radius 2 is 1.91 bits per heavy atom. The van der Waals surface area contributed by atoms with Crippen LogP contribution in [0.2, 0.25) is 0 Å². The number of nitro groups is 1. The summed E-state index contributed by atoms with van der Waals surface area (Å²) in [5.41, 5.74) is -0.807. The zero-order valence-electron chi connectivity index (χ0n) is 11.5. The van der Waals surface area contributed by atoms with E-state index < -0.39 is 22.1 Å². The average molecular weight is 306 g/mol. The molecule has 9 nitrogen and oxygen atoms in total. The number of nitrogens with zero attached hydrogens (tertiary/aromatic N) is 2. The Morgan fingerprint density at radius 3 is 2.45 bits per heavy atom. The van der Waals surface area contributed by atoms with E-state index in [4.69, 9.17) is 0 Å². The first kappa shape index (κ1) is 14.4. The van der Waals surface area contributed by atoms with Crippen LogP contribution in [0.1, 0.15) is 12.0 Å². The molecule has 9 heteroatoms. The Kier molecular flexibility index (Phi) is 3.51. The van der Waals surface area contributed by atoms with Crippen molar-refractivity contribution >= 4 is 16.7 Å². The SMILES string of the molecule is O=c1[nH]c2cc(CN3CCC(O)C3)c([N+](=O)[O-])cc2[nH]c1=O. The summed E-state index contributed by atoms with van der Waals surface area (Å²) in [6.45, 7) is 1.40. The lowest BCUT2D eigenvalue weighted by molar-refractivity contribution is -0.385. The van der Waals surface area contributed by atoms with Crippen molar-refractivity contribution in [3.05, 3.63) is 48.5 Å². The molecule has 0 radical (unpaired) electrons. The summed E-state index contributed by atoms with van der Waals surface area (Å²) in [7, 11) is 0. The fourth-order valence-corrected chi connectivity index (χ4v) is 2.69. The maximum Gasteiger partial charge on any atom is 0.314 e. The normalized spacial score (nSPS) is 18.9. The van der Waals surface area contributed by atoms with Crippen molar-refractivity contribution in [2.45, 2.75) is 19.1 Å². The summed E-state index contributed by atoms with van der Waals surface area (Å²) < 4.78 is 0. The number of aliphatic hydroxyl groups excluding tert-OH is 1. The molecule has 3 N–H and O–H groups in total. The third-order valence-corrected chi connectivity index (χ3v) is 3.76. The van der Waals surface area contributed by atoms with Crippen molar-refractivity contribution in [1.29, 1.82) is 0 Å². The molecule has 116 valence electrons. The second kappa shape index (κ2) is 5.35. The fraction of sp³-hybridized carbons (Fsp3) is 0.385. The van der Waals surface area contributed by atoms with E-state index in [9.17, 15) is 24.8 Å². The number of hydrogen-bond acceptors (Lipinski definition) is 6. The zero-order valence-corrected chi connectivity index (χ0v) is 11.5. The van der Waals surface area contributed by atoms with Crippen LogP contribution in [-0.2, 0) is 6.54 Å². The lowest BCUT2D eigenvalue weighted by Gasteiger charge is -2.15. The molecule has 1 aliphatic rings. The molecular weight excluding hydrogens is 292 g/mol. The van der Waals surface area contributed by atoms with Gasteiger partial charge in [-0.25, -0.2) is 0 Å². The van der Waals surface area contributed by atoms with E-state index in [1.54, 1.807) is 0 Å². The maximum absolute atomic E-state index is 11.4. The smallest absolute Gasteiger partial charge is 0.314 e. The Balaban J connectivity index is 2.08. The highest BCUT2D eigenvalue weighted by Crippen LogP contribution is 2.25. The summed E-state index contributed by atoms with van der Waals surface area (Å²) in [6.07, 6.45) is 0.210. The van der Waals surface area contributed by atoms with Crippen molar-refractivity contribution in [2.24, 2.45) is 0 Å². The van der Waals surface area contributed by atoms with E-state index in [0.29, 0.717) is 37.1 Å². The molecular formula is C13H14N4O5. The molecule has 1 unspecified atom stereocenters. The minimum absolute atomic E-state index is 0.128. The Morgan fingerprint density at radius 1 is 1.27 bits per heavy atom. The lowest BCUT2D eigenvalue weighted by atomic mass is 10.1. The van der Waals surface area contributed by atoms with Gasteiger partial charge in [0.05, 0.1) is 22.1 Å². The molecule has 22 heavy (non-hydrogen) atoms. The Hall–Kier alpha value is -2.52. The monoisotopic (exact) mass is 306 g/mol. The average Bonchev–Trinajstić information content (AvgIpc) is 2.85. The van der Waals surface area contributed by atoms with Gasteiger partial charge in [0.1, 0.15) is 0 Å². The van der Waals surface area contributed by atoms with Gasteiger partial charge in [0.25, 0.3) is 5.69 Å². The standard InChI is InChI=1S/C13H14N4O5/c18-8-1-2-16(6-8)5-7-3-9-10(4-11(7)17(21)22)15-13(20)12(19)14-9/h3-4,8,18H,1-2,5-6H2,(H,14,19)(H,15,20). The number of aromatic amines is 2. The summed E-state index contributed by atoms with van der Waals surface area (Å²) in [6, 6.07) is 2.74. The first-order chi connectivity index (χ1) is 10.4. The van der Waals surface area contributed by atoms with E-state index in [0.717, 1.165) is 0 Å². The zero-order chi connectivity index (χ0) is 15.9. The number of nitro benzene ring substituents is 1. The minimum Gasteiger partial charge on any atom is -0.392 e. The van der Waals surface area contributed by atoms with E-state index in [1.807, 2.05) is 4.90 Å². The van der Waals surface area contributed by atoms with Gasteiger partial charge in [-0.3, -0.25) is 24.6 Å². The van der Waals surface area contributed by atoms with Crippen LogP contribution in [-0.4, -0.2) is 44.1 Å². The number of benzene rings is 1. The van der Waals surface area contributed by atoms with Crippen LogP contribution in [0.3, 0.4) is 0 Å². The molecule has 0 spiro atoms. The number of hydrogen-bond donors (Lipinski definition) is 3. The molecule has 0 aliphatic carbocycles. The van der Waals surface area contributed by atoms with Crippen molar-refractivity contribution in [2.75, 3.05) is 13.1 Å². The van der Waals surface area contributed by atoms with Crippen LogP contribution < -0.4 is 11.1 Å². The van der Waals surface area contributed by atoms with Crippen LogP contribution in [0.5, 0.6) is 0 Å². The first-order valence-corrected chi connectivity index (χ1v) is 6.78. The van der Waals surface area contributed by atoms with Crippen LogP contribution in [0.25, 0.3) is 11.0 Å². The topological polar surface area (TPSA) is 132 Å². The summed E-state index contributed by atoms with van der Waals surface area (Å²) in [5.74, 6) is 0. The lowest BCUT2D eigenvalue weighted by Crippen LogP contribution is -2.29. The molecule has 1 aromatic heterocycles. The van der Waals surface area contributed by atoms with Gasteiger partial charge < -0.3 is 15.1 Å². The predicted octanol–water partition coefficient (Wildman–Crippen LogP) is -0.309. The number of rotatable bonds is 3. The van der Waals surface area contributed by atoms with Gasteiger partial charge in [-0.2, -0.15) is 0 Å². The molecule has 1 aliphatic heterocycles. The molecule has 0 bridgehead atoms. The van der Waals surface area contributed by atoms with Crippen molar-refractivity contribution in [3.8, 4) is 0 Å². The second-order valence-corrected chi connectivity index (χ2v) is 5.37. The van der Waals surface area contributed by atoms with Crippen LogP contribution in [0, 0.1) is 10.1 Å². The third kappa shape index (κ3) is 2.63. The second-order valence-electron chi connectivity index (χ2n) is 5.37. The first-order valence-electron chi connectivity index (χ1n) is 6.78. The van der Waals surface area contributed by atoms with Gasteiger partial charge in [-0.05, 0) is 12.5 Å². The van der Waals surface area contributed by atoms with E-state index in [-0.39, 0.29) is 11.2 Å². The number of nitrogens with one attached hydrogen (secondary N) is 2. The molecule has 1 aromatic carbocycles. The highest BCUT2D eigenvalue weighted by atomic mass is 16.6. The number of aromatic nitrogens is 2. The molecule has 2 heterocycles. The van der Waals surface area contributed by atoms with Gasteiger partial charge in [0.2, 0.25) is 0 Å². The largest absolute Gasteiger partial charge is 0.392 e. The van der Waals surface area contributed by atoms with Gasteiger partial charge in [-0.15, -0.1) is 0 Å². The van der Waals surface area contributed by atoms with E-state index >= 15 is 0 Å². The highest BCUT2D eigenvalue weighted by Gasteiger charge is 2.24. The van der Waals surface area contributed by atoms with Crippen LogP contribution in [0.4, 0.5) is 5.69 Å². The molecule has 3 rings (SSSR count). The quantitative estimate of drug-likeness (QED) is 0.405. The van der Waals surface area contributed by atoms with Crippen molar-refractivity contribution in [1.82, 2.24) is 14.9 Å². The van der Waals surface area contributed by atoms with E-state index in [2.05, 4.69) is 9.97 Å². The molecule has 0 amide bonds. The number of fused-ring (bicyclic) bond motifs is 1. The number of H-pyrrole nitrogens is 2. The minimum atomic E-state index is -0.850. The number of β-amino-alcohol motifs (C(OH)–C–C–N with tert-alkyl or cyclic N) is 1. The highest BCUT2D eigenvalue weighted by molar-refractivity contribution is 5.78. The Labute approximate surface area is 123 Å². The maximum atomic E-state index is 11.4. The third-order valence-electron chi connectivity index (χ3n) is 3.76. The number of aliphatic hydroxyl groups is 1. The van der Waals surface area contributed by atoms with Gasteiger partial charge in [-0.1, -0.05) is 0 Å². The van der Waals surface area contributed by atoms with Gasteiger partial charge in [0, 0.05) is 31.3 Å². The van der Waals surface area contributed by atoms with Gasteiger partial charge in [0.15, 0.2) is 0 Å². The molecule has 2 aromatic rings. The fourth-order valence-electron chi connectivity index (χ4n) is 2.69. The van der Waals surface area contributed by atoms with Gasteiger partial charge >= 0.3 is 11.1 Å². The number of likely N-dealkylation sites (tertiary alicyclic amines) is 1. The predicted molar refractivity (Wildman–Crippen MR) is 77.7 cm³/mol. The van der Waals surface area contributed by atoms with E-state index in [1.165, 1.54) is 12.1 Å². The van der Waals surface area contributed by atoms with Crippen LogP contribution in [0.15, 0.2) is 21.7 Å². The molecule has 1 atom stereocenters. The Bertz CT molecular complexity index is 856. The summed E-state index contributed by atoms with van der Waals surface area (Å²) in [4.78, 5) is 40.0. The molecule has 1 fully saturated rings. The molecule has 1 saturated heterocycles. The van der Waals surface area contributed by atoms with Crippen molar-refractivity contribution in [3.63, 3.8) is 0 Å². The summed E-state index contributed by atoms with van der Waals surface area (Å²) >= 11 is 0. The van der Waals surface area contributed by atoms with Crippen molar-refractivity contribution < 1.29 is 10.0 Å².